The standard InChI is InChI=1S/C13H16ClNO2/c14-12-6-2-1-5-11(12)13(17)8-15-7-3-4-10(15)9-16/h1-2,5-6,10,16H,3-4,7-9H2. The fourth-order valence-electron chi connectivity index (χ4n) is 2.27. The lowest BCUT2D eigenvalue weighted by atomic mass is 10.1. The summed E-state index contributed by atoms with van der Waals surface area (Å²) in [7, 11) is 0. The van der Waals surface area contributed by atoms with Crippen LogP contribution in [-0.4, -0.2) is 41.5 Å². The molecule has 0 bridgehead atoms. The Hall–Kier alpha value is -0.900. The van der Waals surface area contributed by atoms with Crippen molar-refractivity contribution >= 4 is 17.4 Å². The molecular weight excluding hydrogens is 238 g/mol. The molecule has 0 spiro atoms. The first-order valence-corrected chi connectivity index (χ1v) is 6.23. The summed E-state index contributed by atoms with van der Waals surface area (Å²) in [6.07, 6.45) is 2.01. The predicted octanol–water partition coefficient (Wildman–Crippen LogP) is 1.98. The van der Waals surface area contributed by atoms with Gasteiger partial charge in [0.15, 0.2) is 5.78 Å². The van der Waals surface area contributed by atoms with Gasteiger partial charge in [0.1, 0.15) is 0 Å². The zero-order valence-electron chi connectivity index (χ0n) is 9.60. The molecule has 1 heterocycles. The van der Waals surface area contributed by atoms with Crippen LogP contribution >= 0.6 is 11.6 Å². The maximum absolute atomic E-state index is 12.1. The van der Waals surface area contributed by atoms with Crippen LogP contribution < -0.4 is 0 Å². The first-order chi connectivity index (χ1) is 8.22. The van der Waals surface area contributed by atoms with Crippen molar-refractivity contribution in [3.63, 3.8) is 0 Å². The van der Waals surface area contributed by atoms with E-state index in [2.05, 4.69) is 0 Å². The lowest BCUT2D eigenvalue weighted by molar-refractivity contribution is 0.0888. The van der Waals surface area contributed by atoms with Gasteiger partial charge < -0.3 is 5.11 Å². The molecule has 0 saturated carbocycles. The number of Topliss-reactive ketones (excluding diaryl/α,β-unsaturated/α-hetero) is 1. The topological polar surface area (TPSA) is 40.5 Å². The molecule has 4 heteroatoms. The number of carbonyl (C=O) groups excluding carboxylic acids is 1. The summed E-state index contributed by atoms with van der Waals surface area (Å²) in [5, 5.41) is 9.69. The van der Waals surface area contributed by atoms with Gasteiger partial charge in [-0.3, -0.25) is 9.69 Å². The molecule has 2 rings (SSSR count). The monoisotopic (exact) mass is 253 g/mol. The zero-order chi connectivity index (χ0) is 12.3. The fraction of sp³-hybridized carbons (Fsp3) is 0.462. The molecule has 0 radical (unpaired) electrons. The van der Waals surface area contributed by atoms with Gasteiger partial charge in [-0.2, -0.15) is 0 Å². The average molecular weight is 254 g/mol. The van der Waals surface area contributed by atoms with Crippen LogP contribution in [0.25, 0.3) is 0 Å². The molecule has 1 atom stereocenters. The van der Waals surface area contributed by atoms with Crippen molar-refractivity contribution in [2.75, 3.05) is 19.7 Å². The van der Waals surface area contributed by atoms with Gasteiger partial charge in [-0.15, -0.1) is 0 Å². The van der Waals surface area contributed by atoms with Gasteiger partial charge >= 0.3 is 0 Å². The number of nitrogens with zero attached hydrogens (tertiary/aromatic N) is 1. The van der Waals surface area contributed by atoms with Crippen LogP contribution in [0.5, 0.6) is 0 Å². The summed E-state index contributed by atoms with van der Waals surface area (Å²) < 4.78 is 0. The highest BCUT2D eigenvalue weighted by Gasteiger charge is 2.26. The number of ketones is 1. The quantitative estimate of drug-likeness (QED) is 0.835. The fourth-order valence-corrected chi connectivity index (χ4v) is 2.51. The number of aliphatic hydroxyl groups excluding tert-OH is 1. The van der Waals surface area contributed by atoms with E-state index in [4.69, 9.17) is 11.6 Å². The normalized spacial score (nSPS) is 20.7. The Bertz CT molecular complexity index is 408. The summed E-state index contributed by atoms with van der Waals surface area (Å²) in [6.45, 7) is 1.34. The molecule has 0 aromatic heterocycles. The lowest BCUT2D eigenvalue weighted by Crippen LogP contribution is -2.36. The number of hydrogen-bond donors (Lipinski definition) is 1. The molecule has 1 aliphatic heterocycles. The third-order valence-corrected chi connectivity index (χ3v) is 3.56. The summed E-state index contributed by atoms with van der Waals surface area (Å²) in [4.78, 5) is 14.1. The van der Waals surface area contributed by atoms with Crippen LogP contribution in [0.3, 0.4) is 0 Å². The van der Waals surface area contributed by atoms with Gasteiger partial charge in [0.25, 0.3) is 0 Å². The molecule has 1 fully saturated rings. The molecule has 0 aliphatic carbocycles. The van der Waals surface area contributed by atoms with E-state index in [9.17, 15) is 9.90 Å². The van der Waals surface area contributed by atoms with Crippen molar-refractivity contribution in [3.8, 4) is 0 Å². The van der Waals surface area contributed by atoms with Crippen LogP contribution in [0, 0.1) is 0 Å². The summed E-state index contributed by atoms with van der Waals surface area (Å²) in [6, 6.07) is 7.22. The van der Waals surface area contributed by atoms with Crippen LogP contribution in [0.4, 0.5) is 0 Å². The zero-order valence-corrected chi connectivity index (χ0v) is 10.4. The Balaban J connectivity index is 2.04. The van der Waals surface area contributed by atoms with E-state index in [1.807, 2.05) is 17.0 Å². The summed E-state index contributed by atoms with van der Waals surface area (Å²) in [5.41, 5.74) is 0.567. The number of carbonyl (C=O) groups is 1. The summed E-state index contributed by atoms with van der Waals surface area (Å²) in [5.74, 6) is 0.0240. The first-order valence-electron chi connectivity index (χ1n) is 5.85. The molecule has 1 unspecified atom stereocenters. The number of likely N-dealkylation sites (tertiary alicyclic amines) is 1. The molecule has 1 aromatic carbocycles. The molecular formula is C13H16ClNO2. The van der Waals surface area contributed by atoms with Crippen molar-refractivity contribution < 1.29 is 9.90 Å². The summed E-state index contributed by atoms with van der Waals surface area (Å²) >= 11 is 5.99. The van der Waals surface area contributed by atoms with Crippen LogP contribution in [0.2, 0.25) is 5.02 Å². The van der Waals surface area contributed by atoms with E-state index in [1.165, 1.54) is 0 Å². The van der Waals surface area contributed by atoms with Crippen LogP contribution in [-0.2, 0) is 0 Å². The largest absolute Gasteiger partial charge is 0.395 e. The third-order valence-electron chi connectivity index (χ3n) is 3.23. The molecule has 1 saturated heterocycles. The van der Waals surface area contributed by atoms with Crippen molar-refractivity contribution in [1.29, 1.82) is 0 Å². The van der Waals surface area contributed by atoms with E-state index < -0.39 is 0 Å². The number of benzene rings is 1. The van der Waals surface area contributed by atoms with E-state index in [-0.39, 0.29) is 18.4 Å². The van der Waals surface area contributed by atoms with Gasteiger partial charge in [0.2, 0.25) is 0 Å². The van der Waals surface area contributed by atoms with E-state index in [0.29, 0.717) is 17.1 Å². The lowest BCUT2D eigenvalue weighted by Gasteiger charge is -2.21. The second-order valence-corrected chi connectivity index (χ2v) is 4.76. The Morgan fingerprint density at radius 2 is 2.24 bits per heavy atom. The van der Waals surface area contributed by atoms with Crippen LogP contribution in [0.1, 0.15) is 23.2 Å². The minimum atomic E-state index is 0.0240. The molecule has 3 nitrogen and oxygen atoms in total. The SMILES string of the molecule is O=C(CN1CCCC1CO)c1ccccc1Cl. The smallest absolute Gasteiger partial charge is 0.178 e. The molecule has 92 valence electrons. The number of halogens is 1. The Labute approximate surface area is 106 Å². The van der Waals surface area contributed by atoms with Crippen LogP contribution in [0.15, 0.2) is 24.3 Å². The van der Waals surface area contributed by atoms with Gasteiger partial charge in [-0.1, -0.05) is 23.7 Å². The predicted molar refractivity (Wildman–Crippen MR) is 67.5 cm³/mol. The van der Waals surface area contributed by atoms with Gasteiger partial charge in [0.05, 0.1) is 18.2 Å². The molecule has 1 N–H and O–H groups in total. The second-order valence-electron chi connectivity index (χ2n) is 4.35. The van der Waals surface area contributed by atoms with Crippen molar-refractivity contribution in [2.24, 2.45) is 0 Å². The molecule has 1 aliphatic rings. The van der Waals surface area contributed by atoms with Crippen molar-refractivity contribution in [1.82, 2.24) is 4.90 Å². The average Bonchev–Trinajstić information content (AvgIpc) is 2.76. The van der Waals surface area contributed by atoms with Gasteiger partial charge in [-0.25, -0.2) is 0 Å². The Morgan fingerprint density at radius 3 is 2.94 bits per heavy atom. The number of hydrogen-bond acceptors (Lipinski definition) is 3. The minimum Gasteiger partial charge on any atom is -0.395 e. The molecule has 0 amide bonds. The number of rotatable bonds is 4. The van der Waals surface area contributed by atoms with Crippen molar-refractivity contribution in [2.45, 2.75) is 18.9 Å². The Morgan fingerprint density at radius 1 is 1.47 bits per heavy atom. The van der Waals surface area contributed by atoms with E-state index >= 15 is 0 Å². The minimum absolute atomic E-state index is 0.0240. The molecule has 1 aromatic rings. The van der Waals surface area contributed by atoms with E-state index in [1.54, 1.807) is 12.1 Å². The second kappa shape index (κ2) is 5.63. The van der Waals surface area contributed by atoms with Gasteiger partial charge in [-0.05, 0) is 31.5 Å². The van der Waals surface area contributed by atoms with Crippen molar-refractivity contribution in [3.05, 3.63) is 34.9 Å². The highest BCUT2D eigenvalue weighted by atomic mass is 35.5. The Kier molecular flexibility index (Phi) is 4.15. The third kappa shape index (κ3) is 2.86. The van der Waals surface area contributed by atoms with E-state index in [0.717, 1.165) is 19.4 Å². The number of aliphatic hydroxyl groups is 1. The maximum atomic E-state index is 12.1. The first kappa shape index (κ1) is 12.6. The highest BCUT2D eigenvalue weighted by molar-refractivity contribution is 6.34. The highest BCUT2D eigenvalue weighted by Crippen LogP contribution is 2.20. The molecule has 17 heavy (non-hydrogen) atoms. The van der Waals surface area contributed by atoms with Gasteiger partial charge in [0, 0.05) is 11.6 Å². The maximum Gasteiger partial charge on any atom is 0.178 e.